The number of pyridine rings is 1. The van der Waals surface area contributed by atoms with Crippen LogP contribution < -0.4 is 15.8 Å². The van der Waals surface area contributed by atoms with Crippen LogP contribution in [0.25, 0.3) is 10.2 Å². The first-order chi connectivity index (χ1) is 10.2. The third-order valence-corrected chi connectivity index (χ3v) is 3.77. The van der Waals surface area contributed by atoms with Gasteiger partial charge in [-0.25, -0.2) is 9.97 Å². The second kappa shape index (κ2) is 5.37. The minimum Gasteiger partial charge on any atom is -0.497 e. The topological polar surface area (TPSA) is 90.1 Å². The summed E-state index contributed by atoms with van der Waals surface area (Å²) in [6.07, 6.45) is 1.44. The Morgan fingerprint density at radius 2 is 2.19 bits per heavy atom. The quantitative estimate of drug-likeness (QED) is 0.775. The fourth-order valence-electron chi connectivity index (χ4n) is 1.79. The van der Waals surface area contributed by atoms with Gasteiger partial charge >= 0.3 is 0 Å². The highest BCUT2D eigenvalue weighted by molar-refractivity contribution is 7.22. The summed E-state index contributed by atoms with van der Waals surface area (Å²) in [6, 6.07) is 8.76. The molecule has 106 valence electrons. The zero-order valence-electron chi connectivity index (χ0n) is 11.2. The van der Waals surface area contributed by atoms with Gasteiger partial charge in [0, 0.05) is 0 Å². The number of carbonyl (C=O) groups is 1. The number of hydrogen-bond donors (Lipinski definition) is 2. The number of anilines is 2. The molecule has 0 saturated carbocycles. The summed E-state index contributed by atoms with van der Waals surface area (Å²) in [6.45, 7) is 0. The second-order valence-corrected chi connectivity index (χ2v) is 5.31. The zero-order valence-corrected chi connectivity index (χ0v) is 12.0. The van der Waals surface area contributed by atoms with Crippen LogP contribution in [0.2, 0.25) is 0 Å². The van der Waals surface area contributed by atoms with Gasteiger partial charge in [0.05, 0.1) is 29.2 Å². The van der Waals surface area contributed by atoms with Crippen molar-refractivity contribution >= 4 is 38.3 Å². The van der Waals surface area contributed by atoms with Crippen molar-refractivity contribution in [3.8, 4) is 5.75 Å². The van der Waals surface area contributed by atoms with Gasteiger partial charge in [0.15, 0.2) is 5.13 Å². The normalized spacial score (nSPS) is 10.5. The number of rotatable bonds is 3. The number of fused-ring (bicyclic) bond motifs is 1. The Morgan fingerprint density at radius 1 is 1.33 bits per heavy atom. The van der Waals surface area contributed by atoms with Gasteiger partial charge in [-0.05, 0) is 30.3 Å². The molecule has 1 amide bonds. The monoisotopic (exact) mass is 300 g/mol. The smallest absolute Gasteiger partial charge is 0.276 e. The summed E-state index contributed by atoms with van der Waals surface area (Å²) in [7, 11) is 1.61. The van der Waals surface area contributed by atoms with Crippen LogP contribution in [0, 0.1) is 0 Å². The molecule has 0 radical (unpaired) electrons. The molecule has 0 fully saturated rings. The van der Waals surface area contributed by atoms with Gasteiger partial charge in [0.2, 0.25) is 0 Å². The number of nitrogens with one attached hydrogen (secondary N) is 1. The standard InChI is InChI=1S/C14H12N4O2S/c1-20-9-3-5-10-12(6-9)21-14(17-10)18-13(19)11-4-2-8(15)7-16-11/h2-7H,15H2,1H3,(H,17,18,19). The molecular formula is C14H12N4O2S. The number of nitrogens with two attached hydrogens (primary N) is 1. The van der Waals surface area contributed by atoms with Crippen LogP contribution in [-0.2, 0) is 0 Å². The summed E-state index contributed by atoms with van der Waals surface area (Å²) in [4.78, 5) is 20.4. The SMILES string of the molecule is COc1ccc2nc(NC(=O)c3ccc(N)cn3)sc2c1. The van der Waals surface area contributed by atoms with E-state index in [1.54, 1.807) is 19.2 Å². The van der Waals surface area contributed by atoms with Crippen molar-refractivity contribution in [2.24, 2.45) is 0 Å². The van der Waals surface area contributed by atoms with Crippen molar-refractivity contribution in [2.45, 2.75) is 0 Å². The summed E-state index contributed by atoms with van der Waals surface area (Å²) >= 11 is 1.38. The zero-order chi connectivity index (χ0) is 14.8. The molecule has 3 N–H and O–H groups in total. The highest BCUT2D eigenvalue weighted by Gasteiger charge is 2.11. The van der Waals surface area contributed by atoms with E-state index in [2.05, 4.69) is 15.3 Å². The van der Waals surface area contributed by atoms with Gasteiger partial charge in [0.25, 0.3) is 5.91 Å². The molecular weight excluding hydrogens is 288 g/mol. The van der Waals surface area contributed by atoms with E-state index in [4.69, 9.17) is 10.5 Å². The lowest BCUT2D eigenvalue weighted by molar-refractivity contribution is 0.102. The van der Waals surface area contributed by atoms with E-state index in [1.807, 2.05) is 18.2 Å². The molecule has 0 unspecified atom stereocenters. The Bertz CT molecular complexity index is 798. The van der Waals surface area contributed by atoms with Gasteiger partial charge in [-0.1, -0.05) is 11.3 Å². The van der Waals surface area contributed by atoms with Crippen LogP contribution in [0.3, 0.4) is 0 Å². The molecule has 2 heterocycles. The van der Waals surface area contributed by atoms with Crippen LogP contribution in [0.5, 0.6) is 5.75 Å². The number of methoxy groups -OCH3 is 1. The number of hydrogen-bond acceptors (Lipinski definition) is 6. The van der Waals surface area contributed by atoms with Crippen LogP contribution in [0.15, 0.2) is 36.5 Å². The average molecular weight is 300 g/mol. The Labute approximate surface area is 124 Å². The van der Waals surface area contributed by atoms with E-state index in [9.17, 15) is 4.79 Å². The number of benzene rings is 1. The van der Waals surface area contributed by atoms with Crippen LogP contribution >= 0.6 is 11.3 Å². The number of nitrogen functional groups attached to an aromatic ring is 1. The fourth-order valence-corrected chi connectivity index (χ4v) is 2.68. The van der Waals surface area contributed by atoms with Crippen molar-refractivity contribution in [1.82, 2.24) is 9.97 Å². The average Bonchev–Trinajstić information content (AvgIpc) is 2.88. The fraction of sp³-hybridized carbons (Fsp3) is 0.0714. The highest BCUT2D eigenvalue weighted by atomic mass is 32.1. The third kappa shape index (κ3) is 2.77. The molecule has 6 nitrogen and oxygen atoms in total. The molecule has 0 bridgehead atoms. The molecule has 0 atom stereocenters. The summed E-state index contributed by atoms with van der Waals surface area (Å²) in [5, 5.41) is 3.24. The Balaban J connectivity index is 1.84. The van der Waals surface area contributed by atoms with E-state index in [1.165, 1.54) is 17.5 Å². The first kappa shape index (κ1) is 13.3. The van der Waals surface area contributed by atoms with Gasteiger partial charge in [-0.3, -0.25) is 10.1 Å². The minimum atomic E-state index is -0.318. The Kier molecular flexibility index (Phi) is 3.41. The number of thiazole rings is 1. The molecule has 0 aliphatic heterocycles. The molecule has 0 aliphatic rings. The van der Waals surface area contributed by atoms with Crippen molar-refractivity contribution in [1.29, 1.82) is 0 Å². The van der Waals surface area contributed by atoms with Gasteiger partial charge in [-0.15, -0.1) is 0 Å². The first-order valence-electron chi connectivity index (χ1n) is 6.13. The molecule has 0 spiro atoms. The number of amides is 1. The summed E-state index contributed by atoms with van der Waals surface area (Å²) in [5.74, 6) is 0.435. The summed E-state index contributed by atoms with van der Waals surface area (Å²) in [5.41, 5.74) is 7.15. The Morgan fingerprint density at radius 3 is 2.90 bits per heavy atom. The number of ether oxygens (including phenoxy) is 1. The molecule has 21 heavy (non-hydrogen) atoms. The lowest BCUT2D eigenvalue weighted by Gasteiger charge is -2.00. The second-order valence-electron chi connectivity index (χ2n) is 4.28. The van der Waals surface area contributed by atoms with Gasteiger partial charge < -0.3 is 10.5 Å². The van der Waals surface area contributed by atoms with Crippen LogP contribution in [-0.4, -0.2) is 23.0 Å². The maximum atomic E-state index is 12.1. The molecule has 0 aliphatic carbocycles. The van der Waals surface area contributed by atoms with E-state index in [0.29, 0.717) is 16.5 Å². The van der Waals surface area contributed by atoms with Crippen molar-refractivity contribution in [2.75, 3.05) is 18.2 Å². The van der Waals surface area contributed by atoms with Gasteiger partial charge in [-0.2, -0.15) is 0 Å². The molecule has 1 aromatic carbocycles. The molecule has 3 aromatic rings. The first-order valence-corrected chi connectivity index (χ1v) is 6.95. The predicted octanol–water partition coefficient (Wildman–Crippen LogP) is 2.53. The lowest BCUT2D eigenvalue weighted by atomic mass is 10.3. The van der Waals surface area contributed by atoms with E-state index < -0.39 is 0 Å². The van der Waals surface area contributed by atoms with E-state index in [-0.39, 0.29) is 5.91 Å². The molecule has 7 heteroatoms. The Hall–Kier alpha value is -2.67. The van der Waals surface area contributed by atoms with Crippen LogP contribution in [0.4, 0.5) is 10.8 Å². The molecule has 2 aromatic heterocycles. The van der Waals surface area contributed by atoms with E-state index in [0.717, 1.165) is 16.0 Å². The largest absolute Gasteiger partial charge is 0.497 e. The molecule has 0 saturated heterocycles. The van der Waals surface area contributed by atoms with Gasteiger partial charge in [0.1, 0.15) is 11.4 Å². The van der Waals surface area contributed by atoms with Crippen LogP contribution in [0.1, 0.15) is 10.5 Å². The number of aromatic nitrogens is 2. The van der Waals surface area contributed by atoms with E-state index >= 15 is 0 Å². The van der Waals surface area contributed by atoms with Crippen molar-refractivity contribution < 1.29 is 9.53 Å². The molecule has 3 rings (SSSR count). The maximum absolute atomic E-state index is 12.1. The summed E-state index contributed by atoms with van der Waals surface area (Å²) < 4.78 is 6.10. The van der Waals surface area contributed by atoms with Crippen molar-refractivity contribution in [3.63, 3.8) is 0 Å². The third-order valence-electron chi connectivity index (χ3n) is 2.84. The van der Waals surface area contributed by atoms with Crippen molar-refractivity contribution in [3.05, 3.63) is 42.2 Å². The highest BCUT2D eigenvalue weighted by Crippen LogP contribution is 2.29. The maximum Gasteiger partial charge on any atom is 0.276 e. The lowest BCUT2D eigenvalue weighted by Crippen LogP contribution is -2.13. The number of carbonyl (C=O) groups excluding carboxylic acids is 1. The number of nitrogens with zero attached hydrogens (tertiary/aromatic N) is 2. The predicted molar refractivity (Wildman–Crippen MR) is 82.8 cm³/mol. The minimum absolute atomic E-state index is 0.293.